The second-order valence-corrected chi connectivity index (χ2v) is 7.15. The summed E-state index contributed by atoms with van der Waals surface area (Å²) in [6.45, 7) is 1.61. The fourth-order valence-electron chi connectivity index (χ4n) is 1.65. The van der Waals surface area contributed by atoms with Crippen LogP contribution in [-0.2, 0) is 10.0 Å². The Labute approximate surface area is 143 Å². The molecular formula is C14H11Cl3N2O2S. The van der Waals surface area contributed by atoms with Crippen molar-refractivity contribution >= 4 is 50.5 Å². The van der Waals surface area contributed by atoms with Crippen LogP contribution in [0.15, 0.2) is 52.5 Å². The quantitative estimate of drug-likeness (QED) is 0.489. The molecule has 8 heteroatoms. The van der Waals surface area contributed by atoms with Crippen LogP contribution < -0.4 is 4.83 Å². The number of hydrazone groups is 1. The van der Waals surface area contributed by atoms with E-state index < -0.39 is 10.0 Å². The van der Waals surface area contributed by atoms with Crippen LogP contribution in [0.25, 0.3) is 0 Å². The fourth-order valence-corrected chi connectivity index (χ4v) is 3.20. The topological polar surface area (TPSA) is 58.5 Å². The molecule has 0 spiro atoms. The van der Waals surface area contributed by atoms with Gasteiger partial charge in [-0.15, -0.1) is 0 Å². The van der Waals surface area contributed by atoms with Gasteiger partial charge in [-0.1, -0.05) is 59.1 Å². The highest BCUT2D eigenvalue weighted by Gasteiger charge is 2.14. The molecule has 116 valence electrons. The summed E-state index contributed by atoms with van der Waals surface area (Å²) in [7, 11) is -3.73. The van der Waals surface area contributed by atoms with Gasteiger partial charge in [0.25, 0.3) is 10.0 Å². The van der Waals surface area contributed by atoms with Crippen molar-refractivity contribution in [2.75, 3.05) is 0 Å². The van der Waals surface area contributed by atoms with E-state index in [1.54, 1.807) is 37.3 Å². The second kappa shape index (κ2) is 6.87. The van der Waals surface area contributed by atoms with Gasteiger partial charge in [-0.05, 0) is 25.1 Å². The summed E-state index contributed by atoms with van der Waals surface area (Å²) in [6.07, 6.45) is 0. The summed E-state index contributed by atoms with van der Waals surface area (Å²) < 4.78 is 24.2. The first kappa shape index (κ1) is 17.1. The predicted molar refractivity (Wildman–Crippen MR) is 90.4 cm³/mol. The molecule has 0 radical (unpaired) electrons. The van der Waals surface area contributed by atoms with Gasteiger partial charge in [-0.2, -0.15) is 18.4 Å². The molecule has 0 bridgehead atoms. The van der Waals surface area contributed by atoms with E-state index in [0.29, 0.717) is 16.3 Å². The summed E-state index contributed by atoms with van der Waals surface area (Å²) in [4.78, 5) is 2.28. The van der Waals surface area contributed by atoms with Crippen molar-refractivity contribution in [3.05, 3.63) is 63.1 Å². The van der Waals surface area contributed by atoms with Crippen LogP contribution in [0.2, 0.25) is 15.1 Å². The summed E-state index contributed by atoms with van der Waals surface area (Å²) >= 11 is 17.9. The minimum atomic E-state index is -3.73. The monoisotopic (exact) mass is 376 g/mol. The first-order valence-corrected chi connectivity index (χ1v) is 8.69. The minimum Gasteiger partial charge on any atom is -0.200 e. The smallest absolute Gasteiger partial charge is 0.200 e. The molecule has 4 nitrogen and oxygen atoms in total. The normalized spacial score (nSPS) is 12.3. The van der Waals surface area contributed by atoms with E-state index in [0.717, 1.165) is 0 Å². The van der Waals surface area contributed by atoms with Gasteiger partial charge >= 0.3 is 0 Å². The highest BCUT2D eigenvalue weighted by Crippen LogP contribution is 2.32. The fraction of sp³-hybridized carbons (Fsp3) is 0.0714. The van der Waals surface area contributed by atoms with Gasteiger partial charge in [0.2, 0.25) is 0 Å². The van der Waals surface area contributed by atoms with E-state index >= 15 is 0 Å². The summed E-state index contributed by atoms with van der Waals surface area (Å²) in [5, 5.41) is 4.59. The van der Waals surface area contributed by atoms with Crippen molar-refractivity contribution in [2.24, 2.45) is 5.10 Å². The molecule has 0 fully saturated rings. The third-order valence-electron chi connectivity index (χ3n) is 2.81. The Morgan fingerprint density at radius 3 is 2.27 bits per heavy atom. The molecular weight excluding hydrogens is 367 g/mol. The number of hydrogen-bond donors (Lipinski definition) is 1. The van der Waals surface area contributed by atoms with Crippen LogP contribution in [0.4, 0.5) is 0 Å². The molecule has 0 saturated heterocycles. The van der Waals surface area contributed by atoms with E-state index in [9.17, 15) is 8.42 Å². The van der Waals surface area contributed by atoms with E-state index in [1.807, 2.05) is 0 Å². The van der Waals surface area contributed by atoms with Crippen molar-refractivity contribution in [3.63, 3.8) is 0 Å². The molecule has 0 saturated carbocycles. The zero-order valence-electron chi connectivity index (χ0n) is 11.3. The Morgan fingerprint density at radius 1 is 1.00 bits per heavy atom. The van der Waals surface area contributed by atoms with Crippen LogP contribution in [-0.4, -0.2) is 14.1 Å². The average molecular weight is 378 g/mol. The number of hydrogen-bond acceptors (Lipinski definition) is 3. The lowest BCUT2D eigenvalue weighted by Crippen LogP contribution is -2.20. The molecule has 0 aromatic heterocycles. The van der Waals surface area contributed by atoms with Gasteiger partial charge in [-0.25, -0.2) is 0 Å². The van der Waals surface area contributed by atoms with Crippen LogP contribution in [0.1, 0.15) is 12.5 Å². The molecule has 0 aliphatic carbocycles. The summed E-state index contributed by atoms with van der Waals surface area (Å²) in [5.74, 6) is 0. The Kier molecular flexibility index (Phi) is 5.34. The van der Waals surface area contributed by atoms with E-state index in [-0.39, 0.29) is 14.9 Å². The largest absolute Gasteiger partial charge is 0.276 e. The van der Waals surface area contributed by atoms with E-state index in [1.165, 1.54) is 12.1 Å². The lowest BCUT2D eigenvalue weighted by atomic mass is 10.1. The van der Waals surface area contributed by atoms with Gasteiger partial charge in [0.1, 0.15) is 0 Å². The van der Waals surface area contributed by atoms with Crippen molar-refractivity contribution < 1.29 is 8.42 Å². The van der Waals surface area contributed by atoms with E-state index in [2.05, 4.69) is 9.93 Å². The molecule has 0 unspecified atom stereocenters. The third-order valence-corrected chi connectivity index (χ3v) is 5.33. The molecule has 0 heterocycles. The first-order valence-electron chi connectivity index (χ1n) is 6.08. The molecule has 2 aromatic rings. The molecule has 2 aromatic carbocycles. The van der Waals surface area contributed by atoms with Crippen LogP contribution in [0, 0.1) is 0 Å². The van der Waals surface area contributed by atoms with Gasteiger partial charge in [-0.3, -0.25) is 0 Å². The summed E-state index contributed by atoms with van der Waals surface area (Å²) in [6, 6.07) is 11.1. The maximum Gasteiger partial charge on any atom is 0.276 e. The van der Waals surface area contributed by atoms with Crippen molar-refractivity contribution in [1.82, 2.24) is 4.83 Å². The molecule has 0 amide bonds. The van der Waals surface area contributed by atoms with Gasteiger partial charge in [0.05, 0.1) is 25.7 Å². The molecule has 2 rings (SSSR count). The van der Waals surface area contributed by atoms with Crippen LogP contribution >= 0.6 is 34.8 Å². The minimum absolute atomic E-state index is 0.117. The van der Waals surface area contributed by atoms with Crippen molar-refractivity contribution in [2.45, 2.75) is 11.8 Å². The lowest BCUT2D eigenvalue weighted by Gasteiger charge is -2.08. The Bertz CT molecular complexity index is 821. The van der Waals surface area contributed by atoms with Crippen LogP contribution in [0.3, 0.4) is 0 Å². The number of rotatable bonds is 4. The Balaban J connectivity index is 2.29. The van der Waals surface area contributed by atoms with Crippen molar-refractivity contribution in [3.8, 4) is 0 Å². The van der Waals surface area contributed by atoms with E-state index in [4.69, 9.17) is 34.8 Å². The average Bonchev–Trinajstić information content (AvgIpc) is 2.51. The maximum atomic E-state index is 12.1. The first-order chi connectivity index (χ1) is 10.3. The van der Waals surface area contributed by atoms with Crippen LogP contribution in [0.5, 0.6) is 0 Å². The third kappa shape index (κ3) is 3.73. The Morgan fingerprint density at radius 2 is 1.64 bits per heavy atom. The number of nitrogens with one attached hydrogen (secondary N) is 1. The zero-order chi connectivity index (χ0) is 16.3. The SMILES string of the molecule is CC(=NNS(=O)(=O)c1ccccc1)c1ccc(Cl)c(Cl)c1Cl. The number of sulfonamides is 1. The standard InChI is InChI=1S/C14H11Cl3N2O2S/c1-9(11-7-8-12(15)14(17)13(11)16)18-19-22(20,21)10-5-3-2-4-6-10/h2-8,19H,1H3. The highest BCUT2D eigenvalue weighted by molar-refractivity contribution is 7.89. The highest BCUT2D eigenvalue weighted by atomic mass is 35.5. The summed E-state index contributed by atoms with van der Waals surface area (Å²) in [5.41, 5.74) is 0.856. The van der Waals surface area contributed by atoms with Crippen molar-refractivity contribution in [1.29, 1.82) is 0 Å². The maximum absolute atomic E-state index is 12.1. The van der Waals surface area contributed by atoms with Gasteiger partial charge in [0.15, 0.2) is 0 Å². The lowest BCUT2D eigenvalue weighted by molar-refractivity contribution is 0.584. The molecule has 1 N–H and O–H groups in total. The number of benzene rings is 2. The molecule has 0 aliphatic heterocycles. The number of halogens is 3. The van der Waals surface area contributed by atoms with Gasteiger partial charge < -0.3 is 0 Å². The number of nitrogens with zero attached hydrogens (tertiary/aromatic N) is 1. The predicted octanol–water partition coefficient (Wildman–Crippen LogP) is 4.35. The molecule has 0 aliphatic rings. The van der Waals surface area contributed by atoms with Gasteiger partial charge in [0, 0.05) is 5.56 Å². The Hall–Kier alpha value is -1.27. The zero-order valence-corrected chi connectivity index (χ0v) is 14.4. The molecule has 0 atom stereocenters. The second-order valence-electron chi connectivity index (χ2n) is 4.33. The molecule has 22 heavy (non-hydrogen) atoms.